The van der Waals surface area contributed by atoms with E-state index in [9.17, 15) is 23.6 Å². The van der Waals surface area contributed by atoms with E-state index in [1.165, 1.54) is 23.8 Å². The van der Waals surface area contributed by atoms with Crippen molar-refractivity contribution >= 4 is 11.0 Å². The quantitative estimate of drug-likeness (QED) is 0.277. The summed E-state index contributed by atoms with van der Waals surface area (Å²) >= 11 is 0. The first-order chi connectivity index (χ1) is 15.9. The molecule has 0 fully saturated rings. The van der Waals surface area contributed by atoms with Crippen molar-refractivity contribution in [3.05, 3.63) is 90.2 Å². The van der Waals surface area contributed by atoms with E-state index >= 15 is 0 Å². The summed E-state index contributed by atoms with van der Waals surface area (Å²) in [5, 5.41) is -0.0493. The minimum Gasteiger partial charge on any atom is -0.494 e. The molecule has 1 aromatic carbocycles. The van der Waals surface area contributed by atoms with Crippen LogP contribution in [0, 0.1) is 5.82 Å². The molecular weight excluding hydrogens is 435 g/mol. The zero-order valence-corrected chi connectivity index (χ0v) is 16.9. The number of nitrogens with one attached hydrogen (secondary N) is 5. The second kappa shape index (κ2) is 7.37. The Morgan fingerprint density at radius 1 is 0.848 bits per heavy atom. The number of aromatic amines is 5. The molecule has 0 aliphatic heterocycles. The molecule has 12 heteroatoms. The van der Waals surface area contributed by atoms with E-state index in [4.69, 9.17) is 4.74 Å². The third kappa shape index (κ3) is 3.20. The van der Waals surface area contributed by atoms with Crippen LogP contribution in [0.3, 0.4) is 0 Å². The second-order valence-corrected chi connectivity index (χ2v) is 7.10. The zero-order chi connectivity index (χ0) is 23.3. The summed E-state index contributed by atoms with van der Waals surface area (Å²) in [5.74, 6) is -0.601. The highest BCUT2D eigenvalue weighted by Crippen LogP contribution is 2.37. The molecule has 0 unspecified atom stereocenters. The Balaban J connectivity index is 1.96. The van der Waals surface area contributed by atoms with Gasteiger partial charge >= 0.3 is 11.4 Å². The van der Waals surface area contributed by atoms with Gasteiger partial charge in [0.2, 0.25) is 0 Å². The fourth-order valence-electron chi connectivity index (χ4n) is 3.80. The molecule has 4 aromatic heterocycles. The number of H-pyrrole nitrogens is 5. The number of rotatable bonds is 4. The average molecular weight is 450 g/mol. The van der Waals surface area contributed by atoms with Crippen molar-refractivity contribution in [2.24, 2.45) is 0 Å². The normalized spacial score (nSPS) is 11.2. The Morgan fingerprint density at radius 2 is 1.55 bits per heavy atom. The number of methoxy groups -OCH3 is 1. The van der Waals surface area contributed by atoms with Crippen molar-refractivity contribution in [1.82, 2.24) is 29.5 Å². The lowest BCUT2D eigenvalue weighted by molar-refractivity contribution is 0.386. The highest BCUT2D eigenvalue weighted by molar-refractivity contribution is 6.03. The fraction of sp³-hybridized carbons (Fsp3) is 0.0476. The van der Waals surface area contributed by atoms with E-state index in [0.717, 1.165) is 6.07 Å². The Labute approximate surface area is 181 Å². The molecule has 5 N–H and O–H groups in total. The molecule has 166 valence electrons. The molecule has 0 aliphatic carbocycles. The molecule has 0 bridgehead atoms. The molecule has 0 saturated carbocycles. The number of ether oxygens (including phenoxy) is 1. The number of hydrogen-bond acceptors (Lipinski definition) is 5. The summed E-state index contributed by atoms with van der Waals surface area (Å²) in [6.07, 6.45) is 3.20. The topological polar surface area (TPSA) is 161 Å². The lowest BCUT2D eigenvalue weighted by Crippen LogP contribution is -2.27. The number of hydrogen-bond donors (Lipinski definition) is 5. The van der Waals surface area contributed by atoms with Crippen molar-refractivity contribution in [1.29, 1.82) is 0 Å². The summed E-state index contributed by atoms with van der Waals surface area (Å²) in [7, 11) is 1.32. The Morgan fingerprint density at radius 3 is 2.24 bits per heavy atom. The van der Waals surface area contributed by atoms with Crippen LogP contribution in [-0.2, 0) is 0 Å². The lowest BCUT2D eigenvalue weighted by atomic mass is 10.00. The first-order valence-corrected chi connectivity index (χ1v) is 9.60. The van der Waals surface area contributed by atoms with Crippen LogP contribution in [0.2, 0.25) is 0 Å². The van der Waals surface area contributed by atoms with Gasteiger partial charge in [-0.15, -0.1) is 0 Å². The highest BCUT2D eigenvalue weighted by Gasteiger charge is 2.25. The molecule has 0 atom stereocenters. The third-order valence-corrected chi connectivity index (χ3v) is 5.17. The predicted molar refractivity (Wildman–Crippen MR) is 117 cm³/mol. The summed E-state index contributed by atoms with van der Waals surface area (Å²) in [5.41, 5.74) is -2.63. The van der Waals surface area contributed by atoms with E-state index in [-0.39, 0.29) is 45.0 Å². The molecule has 33 heavy (non-hydrogen) atoms. The summed E-state index contributed by atoms with van der Waals surface area (Å²) in [6.45, 7) is 0. The first-order valence-electron chi connectivity index (χ1n) is 9.60. The number of halogens is 1. The number of benzene rings is 1. The molecule has 5 aromatic rings. The van der Waals surface area contributed by atoms with Gasteiger partial charge in [-0.05, 0) is 30.3 Å². The van der Waals surface area contributed by atoms with Crippen LogP contribution in [0.4, 0.5) is 4.39 Å². The predicted octanol–water partition coefficient (Wildman–Crippen LogP) is 1.19. The molecule has 0 aliphatic rings. The monoisotopic (exact) mass is 450 g/mol. The third-order valence-electron chi connectivity index (χ3n) is 5.17. The van der Waals surface area contributed by atoms with Gasteiger partial charge in [0.05, 0.1) is 23.8 Å². The summed E-state index contributed by atoms with van der Waals surface area (Å²) in [4.78, 5) is 62.0. The Hall–Kier alpha value is -4.87. The van der Waals surface area contributed by atoms with Crippen LogP contribution in [0.15, 0.2) is 61.9 Å². The van der Waals surface area contributed by atoms with Gasteiger partial charge in [-0.1, -0.05) is 0 Å². The van der Waals surface area contributed by atoms with Gasteiger partial charge in [0.15, 0.2) is 11.6 Å². The molecule has 0 saturated heterocycles. The lowest BCUT2D eigenvalue weighted by Gasteiger charge is -2.11. The van der Waals surface area contributed by atoms with E-state index in [1.54, 1.807) is 24.5 Å². The summed E-state index contributed by atoms with van der Waals surface area (Å²) in [6, 6.07) is 7.44. The zero-order valence-electron chi connectivity index (χ0n) is 16.9. The van der Waals surface area contributed by atoms with Gasteiger partial charge in [-0.25, -0.2) is 14.0 Å². The van der Waals surface area contributed by atoms with Crippen molar-refractivity contribution < 1.29 is 9.13 Å². The number of nitrogens with zero attached hydrogens (tertiary/aromatic N) is 1. The Bertz CT molecular complexity index is 1750. The largest absolute Gasteiger partial charge is 0.494 e. The average Bonchev–Trinajstić information content (AvgIpc) is 3.41. The van der Waals surface area contributed by atoms with Crippen LogP contribution in [0.5, 0.6) is 5.75 Å². The fourth-order valence-corrected chi connectivity index (χ4v) is 3.80. The maximum atomic E-state index is 14.5. The van der Waals surface area contributed by atoms with Crippen molar-refractivity contribution in [3.8, 4) is 34.0 Å². The number of aromatic nitrogens is 6. The van der Waals surface area contributed by atoms with Crippen molar-refractivity contribution in [2.75, 3.05) is 7.11 Å². The molecule has 0 spiro atoms. The van der Waals surface area contributed by atoms with Gasteiger partial charge < -0.3 is 14.3 Å². The summed E-state index contributed by atoms with van der Waals surface area (Å²) < 4.78 is 21.0. The highest BCUT2D eigenvalue weighted by atomic mass is 19.1. The van der Waals surface area contributed by atoms with Crippen LogP contribution in [-0.4, -0.2) is 36.6 Å². The van der Waals surface area contributed by atoms with Crippen molar-refractivity contribution in [2.45, 2.75) is 0 Å². The molecule has 0 radical (unpaired) electrons. The van der Waals surface area contributed by atoms with Crippen LogP contribution >= 0.6 is 0 Å². The van der Waals surface area contributed by atoms with Gasteiger partial charge in [0, 0.05) is 23.5 Å². The minimum atomic E-state index is -0.788. The van der Waals surface area contributed by atoms with Crippen molar-refractivity contribution in [3.63, 3.8) is 0 Å². The standard InChI is InChI=1S/C21H15FN6O5/c1-33-11-5-4-9(8-10(11)22)15-12(13-16(23-15)24-20(31)26-18(13)29)14-17(28-6-2-3-7-28)25-21(32)27-19(14)30/h2-8H,1H3,(H2,25,27,30,32)(H3,23,24,26,29,31). The van der Waals surface area contributed by atoms with E-state index in [0.29, 0.717) is 0 Å². The van der Waals surface area contributed by atoms with E-state index < -0.39 is 28.3 Å². The van der Waals surface area contributed by atoms with Crippen LogP contribution < -0.4 is 27.2 Å². The van der Waals surface area contributed by atoms with Gasteiger partial charge in [-0.3, -0.25) is 29.5 Å². The molecule has 5 rings (SSSR count). The molecular formula is C21H15FN6O5. The molecule has 4 heterocycles. The number of fused-ring (bicyclic) bond motifs is 1. The van der Waals surface area contributed by atoms with Gasteiger partial charge in [0.25, 0.3) is 11.1 Å². The van der Waals surface area contributed by atoms with E-state index in [2.05, 4.69) is 24.9 Å². The molecule has 11 nitrogen and oxygen atoms in total. The molecule has 0 amide bonds. The van der Waals surface area contributed by atoms with Gasteiger partial charge in [0.1, 0.15) is 11.5 Å². The van der Waals surface area contributed by atoms with Crippen LogP contribution in [0.1, 0.15) is 0 Å². The van der Waals surface area contributed by atoms with Crippen LogP contribution in [0.25, 0.3) is 39.2 Å². The first kappa shape index (κ1) is 20.1. The maximum absolute atomic E-state index is 14.5. The van der Waals surface area contributed by atoms with Gasteiger partial charge in [-0.2, -0.15) is 0 Å². The SMILES string of the molecule is COc1ccc(-c2[nH]c3[nH]c(=O)[nH]c(=O)c3c2-c2c(-n3cccc3)[nH]c(=O)[nH]c2=O)cc1F. The maximum Gasteiger partial charge on any atom is 0.327 e. The smallest absolute Gasteiger partial charge is 0.327 e. The minimum absolute atomic E-state index is 0.00224. The van der Waals surface area contributed by atoms with E-state index in [1.807, 2.05) is 0 Å². The Kier molecular flexibility index (Phi) is 4.48. The second-order valence-electron chi connectivity index (χ2n) is 7.10.